The summed E-state index contributed by atoms with van der Waals surface area (Å²) in [6.45, 7) is 2.19. The maximum Gasteiger partial charge on any atom is 0.236 e. The molecule has 6 nitrogen and oxygen atoms in total. The molecule has 0 bridgehead atoms. The van der Waals surface area contributed by atoms with E-state index in [1.807, 2.05) is 0 Å². The van der Waals surface area contributed by atoms with E-state index in [-0.39, 0.29) is 17.2 Å². The third kappa shape index (κ3) is 4.82. The molecule has 1 N–H and O–H groups in total. The molecule has 28 heavy (non-hydrogen) atoms. The zero-order chi connectivity index (χ0) is 20.4. The highest BCUT2D eigenvalue weighted by Crippen LogP contribution is 2.32. The largest absolute Gasteiger partial charge is 0.283 e. The molecule has 9 heteroatoms. The van der Waals surface area contributed by atoms with E-state index >= 15 is 0 Å². The van der Waals surface area contributed by atoms with Crippen molar-refractivity contribution >= 4 is 31.4 Å². The lowest BCUT2D eigenvalue weighted by molar-refractivity contribution is 0.585. The van der Waals surface area contributed by atoms with Gasteiger partial charge in [-0.05, 0) is 54.7 Å². The van der Waals surface area contributed by atoms with Crippen LogP contribution in [0.3, 0.4) is 0 Å². The quantitative estimate of drug-likeness (QED) is 0.737. The second kappa shape index (κ2) is 8.08. The number of rotatable bonds is 7. The van der Waals surface area contributed by atoms with Gasteiger partial charge in [0.15, 0.2) is 0 Å². The average molecular weight is 427 g/mol. The summed E-state index contributed by atoms with van der Waals surface area (Å²) in [5.41, 5.74) is 2.01. The predicted molar refractivity (Wildman–Crippen MR) is 109 cm³/mol. The zero-order valence-corrected chi connectivity index (χ0v) is 17.2. The summed E-state index contributed by atoms with van der Waals surface area (Å²) in [7, 11) is -7.22. The van der Waals surface area contributed by atoms with Crippen LogP contribution >= 0.6 is 0 Å². The van der Waals surface area contributed by atoms with E-state index in [9.17, 15) is 21.2 Å². The number of anilines is 2. The van der Waals surface area contributed by atoms with Crippen molar-refractivity contribution < 1.29 is 21.2 Å². The molecule has 3 rings (SSSR count). The molecule has 1 aliphatic rings. The standard InChI is InChI=1S/C19H23FN2O4S2/c1-2-11-28(25,26)22-10-4-6-16-8-9-18(13-19(16)22)21-27(23,24)14-15-5-3-7-17(20)12-15/h3,5,7-9,12-13,21H,2,4,6,10-11,14H2,1H3. The number of nitrogens with zero attached hydrogens (tertiary/aromatic N) is 1. The summed E-state index contributed by atoms with van der Waals surface area (Å²) >= 11 is 0. The van der Waals surface area contributed by atoms with Gasteiger partial charge in [-0.2, -0.15) is 0 Å². The molecule has 0 aromatic heterocycles. The van der Waals surface area contributed by atoms with Gasteiger partial charge >= 0.3 is 0 Å². The van der Waals surface area contributed by atoms with Crippen LogP contribution in [0.2, 0.25) is 0 Å². The minimum Gasteiger partial charge on any atom is -0.283 e. The van der Waals surface area contributed by atoms with E-state index < -0.39 is 25.9 Å². The Balaban J connectivity index is 1.86. The van der Waals surface area contributed by atoms with Gasteiger partial charge in [0.05, 0.1) is 22.9 Å². The van der Waals surface area contributed by atoms with Crippen LogP contribution in [-0.2, 0) is 32.2 Å². The molecule has 0 atom stereocenters. The molecule has 0 spiro atoms. The molecular weight excluding hydrogens is 403 g/mol. The van der Waals surface area contributed by atoms with Crippen molar-refractivity contribution in [2.45, 2.75) is 31.9 Å². The highest BCUT2D eigenvalue weighted by atomic mass is 32.2. The maximum absolute atomic E-state index is 13.3. The lowest BCUT2D eigenvalue weighted by Gasteiger charge is -2.31. The summed E-state index contributed by atoms with van der Waals surface area (Å²) < 4.78 is 67.2. The Hall–Kier alpha value is -2.13. The smallest absolute Gasteiger partial charge is 0.236 e. The van der Waals surface area contributed by atoms with Crippen LogP contribution in [0.4, 0.5) is 15.8 Å². The van der Waals surface area contributed by atoms with Crippen LogP contribution in [0.15, 0.2) is 42.5 Å². The Kier molecular flexibility index (Phi) is 5.95. The fraction of sp³-hybridized carbons (Fsp3) is 0.368. The Morgan fingerprint density at radius 1 is 1.11 bits per heavy atom. The van der Waals surface area contributed by atoms with Gasteiger partial charge in [0.25, 0.3) is 0 Å². The first-order valence-corrected chi connectivity index (χ1v) is 12.3. The number of hydrogen-bond acceptors (Lipinski definition) is 4. The molecule has 0 fully saturated rings. The third-order valence-electron chi connectivity index (χ3n) is 4.48. The van der Waals surface area contributed by atoms with E-state index in [0.717, 1.165) is 18.4 Å². The van der Waals surface area contributed by atoms with Crippen LogP contribution in [0.25, 0.3) is 0 Å². The minimum absolute atomic E-state index is 0.0436. The molecule has 0 aliphatic carbocycles. The van der Waals surface area contributed by atoms with Crippen LogP contribution in [-0.4, -0.2) is 29.1 Å². The van der Waals surface area contributed by atoms with Gasteiger partial charge in [-0.15, -0.1) is 0 Å². The Morgan fingerprint density at radius 3 is 2.61 bits per heavy atom. The van der Waals surface area contributed by atoms with Crippen molar-refractivity contribution in [3.63, 3.8) is 0 Å². The molecule has 2 aromatic rings. The van der Waals surface area contributed by atoms with Gasteiger partial charge in [0.1, 0.15) is 5.82 Å². The number of nitrogens with one attached hydrogen (secondary N) is 1. The number of aryl methyl sites for hydroxylation is 1. The topological polar surface area (TPSA) is 83.6 Å². The van der Waals surface area contributed by atoms with E-state index in [1.54, 1.807) is 25.1 Å². The van der Waals surface area contributed by atoms with Crippen molar-refractivity contribution in [3.8, 4) is 0 Å². The SMILES string of the molecule is CCCS(=O)(=O)N1CCCc2ccc(NS(=O)(=O)Cc3cccc(F)c3)cc21. The van der Waals surface area contributed by atoms with Crippen LogP contribution < -0.4 is 9.03 Å². The highest BCUT2D eigenvalue weighted by molar-refractivity contribution is 7.92. The lowest BCUT2D eigenvalue weighted by Crippen LogP contribution is -2.37. The van der Waals surface area contributed by atoms with Gasteiger partial charge in [0.2, 0.25) is 20.0 Å². The van der Waals surface area contributed by atoms with Crippen LogP contribution in [0, 0.1) is 5.82 Å². The predicted octanol–water partition coefficient (Wildman–Crippen LogP) is 3.26. The van der Waals surface area contributed by atoms with Crippen molar-refractivity contribution in [2.24, 2.45) is 0 Å². The highest BCUT2D eigenvalue weighted by Gasteiger charge is 2.27. The molecule has 0 saturated carbocycles. The molecule has 0 saturated heterocycles. The summed E-state index contributed by atoms with van der Waals surface area (Å²) in [5, 5.41) is 0. The molecule has 0 radical (unpaired) electrons. The zero-order valence-electron chi connectivity index (χ0n) is 15.6. The van der Waals surface area contributed by atoms with Crippen molar-refractivity contribution in [1.82, 2.24) is 0 Å². The van der Waals surface area contributed by atoms with Crippen molar-refractivity contribution in [2.75, 3.05) is 21.3 Å². The van der Waals surface area contributed by atoms with Gasteiger partial charge in [0, 0.05) is 6.54 Å². The maximum atomic E-state index is 13.3. The molecule has 0 unspecified atom stereocenters. The van der Waals surface area contributed by atoms with Crippen LogP contribution in [0.5, 0.6) is 0 Å². The Morgan fingerprint density at radius 2 is 1.89 bits per heavy atom. The first-order valence-electron chi connectivity index (χ1n) is 9.08. The summed E-state index contributed by atoms with van der Waals surface area (Å²) in [6, 6.07) is 10.3. The first kappa shape index (κ1) is 20.6. The summed E-state index contributed by atoms with van der Waals surface area (Å²) in [6.07, 6.45) is 1.97. The second-order valence-electron chi connectivity index (χ2n) is 6.83. The molecule has 1 aliphatic heterocycles. The van der Waals surface area contributed by atoms with E-state index in [0.29, 0.717) is 24.2 Å². The normalized spacial score (nSPS) is 14.6. The van der Waals surface area contributed by atoms with Gasteiger partial charge in [-0.3, -0.25) is 9.03 Å². The number of hydrogen-bond donors (Lipinski definition) is 1. The monoisotopic (exact) mass is 426 g/mol. The van der Waals surface area contributed by atoms with E-state index in [2.05, 4.69) is 4.72 Å². The summed E-state index contributed by atoms with van der Waals surface area (Å²) in [5.74, 6) is -0.833. The fourth-order valence-corrected chi connectivity index (χ4v) is 6.11. The Labute approximate surface area is 165 Å². The van der Waals surface area contributed by atoms with Gasteiger partial charge in [-0.25, -0.2) is 21.2 Å². The number of benzene rings is 2. The van der Waals surface area contributed by atoms with Crippen molar-refractivity contribution in [3.05, 3.63) is 59.4 Å². The molecule has 152 valence electrons. The molecule has 1 heterocycles. The van der Waals surface area contributed by atoms with Crippen LogP contribution in [0.1, 0.15) is 30.9 Å². The molecule has 0 amide bonds. The van der Waals surface area contributed by atoms with Gasteiger partial charge in [-0.1, -0.05) is 25.1 Å². The number of sulfonamides is 2. The lowest BCUT2D eigenvalue weighted by atomic mass is 10.0. The van der Waals surface area contributed by atoms with E-state index in [1.165, 1.54) is 28.6 Å². The van der Waals surface area contributed by atoms with E-state index in [4.69, 9.17) is 0 Å². The second-order valence-corrected chi connectivity index (χ2v) is 10.6. The number of halogens is 1. The summed E-state index contributed by atoms with van der Waals surface area (Å²) in [4.78, 5) is 0. The number of fused-ring (bicyclic) bond motifs is 1. The molecular formula is C19H23FN2O4S2. The third-order valence-corrected chi connectivity index (χ3v) is 7.71. The van der Waals surface area contributed by atoms with Gasteiger partial charge < -0.3 is 0 Å². The fourth-order valence-electron chi connectivity index (χ4n) is 3.32. The first-order chi connectivity index (χ1) is 13.2. The Bertz CT molecular complexity index is 1070. The minimum atomic E-state index is -3.78. The molecule has 2 aromatic carbocycles. The van der Waals surface area contributed by atoms with Crippen molar-refractivity contribution in [1.29, 1.82) is 0 Å². The average Bonchev–Trinajstić information content (AvgIpc) is 2.60.